The molecule has 4 aromatic carbocycles. The summed E-state index contributed by atoms with van der Waals surface area (Å²) in [5, 5.41) is 12.0. The Kier molecular flexibility index (Phi) is 11.8. The van der Waals surface area contributed by atoms with Crippen molar-refractivity contribution in [2.75, 3.05) is 0 Å². The van der Waals surface area contributed by atoms with E-state index >= 15 is 0 Å². The SMILES string of the molecule is CCC(CC)C(=O)/C=C(\O)C(CC)CC.Cc1cnc2c(c1)C(C)(C)c1ccc(-c3ccccc3)c3oc4c(-c5ccccc5)c[c-]c-2c4c13.[Ir]. The standard InChI is InChI=1S/C33H24NO.C13H24O2.Ir/c1-20-18-27-30(34-19-20)25-15-14-23(21-10-6-4-7-11-21)31-28(25)29-26(33(27,2)3)17-16-24(32(29)35-31)22-12-8-5-9-13-22;1-5-10(6-2)12(14)9-13(15)11(7-3)8-4;/h4-14,16-19H,1-3H3;9-11,14H,5-8H2,1-4H3;/q-1;;/b;12-9-;. The van der Waals surface area contributed by atoms with Gasteiger partial charge in [-0.3, -0.25) is 4.79 Å². The molecule has 51 heavy (non-hydrogen) atoms. The van der Waals surface area contributed by atoms with E-state index in [2.05, 4.69) is 106 Å². The maximum absolute atomic E-state index is 11.7. The van der Waals surface area contributed by atoms with E-state index in [4.69, 9.17) is 9.40 Å². The molecule has 1 aliphatic rings. The first-order valence-corrected chi connectivity index (χ1v) is 18.1. The molecule has 5 heteroatoms. The number of benzene rings is 4. The molecule has 0 spiro atoms. The molecule has 2 heterocycles. The summed E-state index contributed by atoms with van der Waals surface area (Å²) in [5.74, 6) is 0.547. The van der Waals surface area contributed by atoms with Crippen molar-refractivity contribution < 1.29 is 34.4 Å². The van der Waals surface area contributed by atoms with E-state index in [1.165, 1.54) is 22.6 Å². The Morgan fingerprint density at radius 2 is 1.37 bits per heavy atom. The third-order valence-corrected chi connectivity index (χ3v) is 10.6. The largest absolute Gasteiger partial charge is 0.512 e. The maximum atomic E-state index is 11.7. The predicted octanol–water partition coefficient (Wildman–Crippen LogP) is 12.6. The van der Waals surface area contributed by atoms with Gasteiger partial charge in [0, 0.05) is 55.2 Å². The van der Waals surface area contributed by atoms with Gasteiger partial charge in [-0.05, 0) is 60.4 Å². The second-order valence-corrected chi connectivity index (χ2v) is 14.0. The smallest absolute Gasteiger partial charge is 0.162 e. The minimum atomic E-state index is -0.252. The molecule has 0 amide bonds. The van der Waals surface area contributed by atoms with Crippen LogP contribution in [0.5, 0.6) is 0 Å². The molecule has 0 atom stereocenters. The zero-order chi connectivity index (χ0) is 35.6. The Labute approximate surface area is 316 Å². The Hall–Kier alpha value is -4.31. The first-order valence-electron chi connectivity index (χ1n) is 18.1. The molecule has 265 valence electrons. The van der Waals surface area contributed by atoms with E-state index in [-0.39, 0.29) is 48.9 Å². The Morgan fingerprint density at radius 3 is 1.96 bits per heavy atom. The zero-order valence-electron chi connectivity index (χ0n) is 30.8. The van der Waals surface area contributed by atoms with E-state index < -0.39 is 0 Å². The number of rotatable bonds is 9. The topological polar surface area (TPSA) is 63.3 Å². The van der Waals surface area contributed by atoms with Crippen LogP contribution in [0.1, 0.15) is 83.9 Å². The van der Waals surface area contributed by atoms with Gasteiger partial charge in [-0.25, -0.2) is 0 Å². The van der Waals surface area contributed by atoms with E-state index in [9.17, 15) is 9.90 Å². The van der Waals surface area contributed by atoms with Crippen molar-refractivity contribution in [1.82, 2.24) is 4.98 Å². The van der Waals surface area contributed by atoms with Gasteiger partial charge in [0.15, 0.2) is 5.78 Å². The quantitative estimate of drug-likeness (QED) is 0.0894. The molecule has 0 aliphatic heterocycles. The van der Waals surface area contributed by atoms with Crippen molar-refractivity contribution >= 4 is 27.7 Å². The molecule has 0 saturated carbocycles. The number of pyridine rings is 1. The van der Waals surface area contributed by atoms with Crippen LogP contribution in [0.2, 0.25) is 0 Å². The molecule has 1 N–H and O–H groups in total. The van der Waals surface area contributed by atoms with Crippen LogP contribution in [0.4, 0.5) is 0 Å². The summed E-state index contributed by atoms with van der Waals surface area (Å²) in [4.78, 5) is 16.7. The molecule has 7 rings (SSSR count). The van der Waals surface area contributed by atoms with Crippen LogP contribution in [0.3, 0.4) is 0 Å². The van der Waals surface area contributed by atoms with E-state index in [1.54, 1.807) is 0 Å². The third kappa shape index (κ3) is 7.12. The van der Waals surface area contributed by atoms with Crippen molar-refractivity contribution in [3.05, 3.63) is 126 Å². The molecule has 0 fully saturated rings. The van der Waals surface area contributed by atoms with Gasteiger partial charge in [-0.2, -0.15) is 0 Å². The second-order valence-electron chi connectivity index (χ2n) is 14.0. The van der Waals surface area contributed by atoms with Crippen molar-refractivity contribution in [3.8, 4) is 33.5 Å². The zero-order valence-corrected chi connectivity index (χ0v) is 33.2. The number of carbonyl (C=O) groups is 1. The summed E-state index contributed by atoms with van der Waals surface area (Å²) in [6.45, 7) is 14.8. The van der Waals surface area contributed by atoms with Gasteiger partial charge in [-0.1, -0.05) is 142 Å². The van der Waals surface area contributed by atoms with E-state index in [0.717, 1.165) is 81.3 Å². The van der Waals surface area contributed by atoms with E-state index in [1.807, 2.05) is 40.0 Å². The molecule has 4 nitrogen and oxygen atoms in total. The van der Waals surface area contributed by atoms with Crippen LogP contribution < -0.4 is 0 Å². The van der Waals surface area contributed by atoms with Gasteiger partial charge in [0.1, 0.15) is 5.58 Å². The number of carbonyl (C=O) groups excluding carboxylic acids is 1. The van der Waals surface area contributed by atoms with Gasteiger partial charge in [0.2, 0.25) is 0 Å². The number of aromatic nitrogens is 1. The summed E-state index contributed by atoms with van der Waals surface area (Å²) >= 11 is 0. The summed E-state index contributed by atoms with van der Waals surface area (Å²) in [6, 6.07) is 33.5. The fourth-order valence-electron chi connectivity index (χ4n) is 7.47. The molecular weight excluding hydrogens is 807 g/mol. The summed E-state index contributed by atoms with van der Waals surface area (Å²) < 4.78 is 6.87. The Balaban J connectivity index is 0.000000271. The minimum Gasteiger partial charge on any atom is -0.512 e. The molecule has 1 aliphatic carbocycles. The number of allylic oxidation sites excluding steroid dienone is 2. The average molecular weight is 855 g/mol. The van der Waals surface area contributed by atoms with Gasteiger partial charge in [-0.15, -0.1) is 17.7 Å². The molecule has 6 aromatic rings. The first-order chi connectivity index (χ1) is 24.1. The number of hydrogen-bond acceptors (Lipinski definition) is 4. The van der Waals surface area contributed by atoms with Crippen LogP contribution in [0.15, 0.2) is 107 Å². The molecule has 2 aromatic heterocycles. The molecular formula is C46H48IrNO3-. The van der Waals surface area contributed by atoms with Crippen molar-refractivity contribution in [2.24, 2.45) is 11.8 Å². The third-order valence-electron chi connectivity index (χ3n) is 10.6. The Bertz CT molecular complexity index is 2170. The molecule has 0 bridgehead atoms. The number of aliphatic hydroxyl groups excluding tert-OH is 1. The molecule has 0 saturated heterocycles. The van der Waals surface area contributed by atoms with Crippen LogP contribution in [-0.2, 0) is 30.3 Å². The minimum absolute atomic E-state index is 0. The van der Waals surface area contributed by atoms with Gasteiger partial charge >= 0.3 is 0 Å². The number of fused-ring (bicyclic) bond motifs is 2. The number of furan rings is 1. The van der Waals surface area contributed by atoms with Crippen LogP contribution >= 0.6 is 0 Å². The van der Waals surface area contributed by atoms with Crippen molar-refractivity contribution in [2.45, 2.75) is 79.6 Å². The molecule has 0 unspecified atom stereocenters. The van der Waals surface area contributed by atoms with Gasteiger partial charge in [0.05, 0.1) is 11.3 Å². The summed E-state index contributed by atoms with van der Waals surface area (Å²) in [6.07, 6.45) is 6.87. The number of nitrogens with zero attached hydrogens (tertiary/aromatic N) is 1. The number of aliphatic hydroxyl groups is 1. The van der Waals surface area contributed by atoms with Gasteiger partial charge in [0.25, 0.3) is 0 Å². The van der Waals surface area contributed by atoms with Crippen LogP contribution in [-0.4, -0.2) is 15.9 Å². The fraction of sp³-hybridized carbons (Fsp3) is 0.304. The van der Waals surface area contributed by atoms with E-state index in [0.29, 0.717) is 0 Å². The summed E-state index contributed by atoms with van der Waals surface area (Å²) in [7, 11) is 0. The first kappa shape index (κ1) is 37.9. The number of hydrogen-bond donors (Lipinski definition) is 1. The summed E-state index contributed by atoms with van der Waals surface area (Å²) in [5.41, 5.74) is 11.7. The second kappa shape index (κ2) is 15.9. The molecule has 1 radical (unpaired) electrons. The van der Waals surface area contributed by atoms with Gasteiger partial charge < -0.3 is 14.5 Å². The Morgan fingerprint density at radius 1 is 0.804 bits per heavy atom. The van der Waals surface area contributed by atoms with Crippen LogP contribution in [0.25, 0.3) is 55.4 Å². The monoisotopic (exact) mass is 855 g/mol. The number of aryl methyl sites for hydroxylation is 1. The van der Waals surface area contributed by atoms with Crippen molar-refractivity contribution in [3.63, 3.8) is 0 Å². The van der Waals surface area contributed by atoms with Crippen molar-refractivity contribution in [1.29, 1.82) is 0 Å². The number of ketones is 1. The normalized spacial score (nSPS) is 13.2. The predicted molar refractivity (Wildman–Crippen MR) is 207 cm³/mol. The van der Waals surface area contributed by atoms with Crippen LogP contribution in [0, 0.1) is 24.8 Å². The fourth-order valence-corrected chi connectivity index (χ4v) is 7.47. The maximum Gasteiger partial charge on any atom is 0.162 e. The average Bonchev–Trinajstić information content (AvgIpc) is 3.50.